The summed E-state index contributed by atoms with van der Waals surface area (Å²) in [4.78, 5) is 27.1. The third-order valence-corrected chi connectivity index (χ3v) is 5.33. The summed E-state index contributed by atoms with van der Waals surface area (Å²) in [5.74, 6) is 0.0702. The lowest BCUT2D eigenvalue weighted by Crippen LogP contribution is -2.49. The summed E-state index contributed by atoms with van der Waals surface area (Å²) in [6.07, 6.45) is 1.91. The third-order valence-electron chi connectivity index (χ3n) is 5.10. The molecule has 1 aliphatic rings. The van der Waals surface area contributed by atoms with Crippen LogP contribution in [-0.4, -0.2) is 46.5 Å². The van der Waals surface area contributed by atoms with E-state index in [9.17, 15) is 14.9 Å². The molecule has 144 valence electrons. The van der Waals surface area contributed by atoms with Gasteiger partial charge in [0.15, 0.2) is 0 Å². The topological polar surface area (TPSA) is 71.6 Å². The second-order valence-electron chi connectivity index (χ2n) is 6.79. The van der Waals surface area contributed by atoms with Crippen molar-refractivity contribution in [3.05, 3.63) is 69.9 Å². The average Bonchev–Trinajstić information content (AvgIpc) is 3.10. The first-order valence-corrected chi connectivity index (χ1v) is 9.40. The molecule has 0 unspecified atom stereocenters. The normalized spacial score (nSPS) is 14.5. The monoisotopic (exact) mass is 398 g/mol. The lowest BCUT2D eigenvalue weighted by Gasteiger charge is -2.36. The highest BCUT2D eigenvalue weighted by Crippen LogP contribution is 2.22. The van der Waals surface area contributed by atoms with Crippen molar-refractivity contribution in [3.63, 3.8) is 0 Å². The van der Waals surface area contributed by atoms with E-state index in [1.54, 1.807) is 12.1 Å². The number of halogens is 1. The summed E-state index contributed by atoms with van der Waals surface area (Å²) in [5, 5.41) is 12.5. The van der Waals surface area contributed by atoms with Crippen molar-refractivity contribution in [2.75, 3.05) is 31.1 Å². The summed E-state index contributed by atoms with van der Waals surface area (Å²) in [7, 11) is 0. The van der Waals surface area contributed by atoms with Crippen LogP contribution in [0.5, 0.6) is 0 Å². The van der Waals surface area contributed by atoms with Crippen LogP contribution in [0.1, 0.15) is 0 Å². The molecule has 0 atom stereocenters. The minimum Gasteiger partial charge on any atom is -0.368 e. The number of nitro benzene ring substituents is 1. The largest absolute Gasteiger partial charge is 0.368 e. The Morgan fingerprint density at radius 1 is 1.04 bits per heavy atom. The van der Waals surface area contributed by atoms with Crippen molar-refractivity contribution < 1.29 is 9.72 Å². The lowest BCUT2D eigenvalue weighted by molar-refractivity contribution is -0.384. The van der Waals surface area contributed by atoms with Crippen LogP contribution in [0.4, 0.5) is 11.4 Å². The van der Waals surface area contributed by atoms with Crippen LogP contribution in [0.15, 0.2) is 54.7 Å². The number of carbonyl (C=O) groups excluding carboxylic acids is 1. The molecule has 0 spiro atoms. The van der Waals surface area contributed by atoms with Gasteiger partial charge in [-0.15, -0.1) is 0 Å². The van der Waals surface area contributed by atoms with Crippen LogP contribution in [0.3, 0.4) is 0 Å². The molecule has 1 amide bonds. The average molecular weight is 399 g/mol. The minimum atomic E-state index is -0.404. The Labute approximate surface area is 166 Å². The number of hydrogen-bond acceptors (Lipinski definition) is 4. The minimum absolute atomic E-state index is 0.0702. The smallest absolute Gasteiger partial charge is 0.269 e. The highest BCUT2D eigenvalue weighted by atomic mass is 35.5. The molecule has 0 bridgehead atoms. The Balaban J connectivity index is 1.38. The zero-order chi connectivity index (χ0) is 19.7. The van der Waals surface area contributed by atoms with E-state index in [1.165, 1.54) is 12.1 Å². The molecule has 1 saturated heterocycles. The SMILES string of the molecule is O=C(Cn1ccc2ccc(Cl)cc21)N1CCN(c2ccc([N+](=O)[O-])cc2)CC1. The fourth-order valence-corrected chi connectivity index (χ4v) is 3.71. The predicted molar refractivity (Wildman–Crippen MR) is 109 cm³/mol. The molecule has 2 heterocycles. The van der Waals surface area contributed by atoms with Gasteiger partial charge in [-0.1, -0.05) is 17.7 Å². The Morgan fingerprint density at radius 3 is 2.43 bits per heavy atom. The van der Waals surface area contributed by atoms with E-state index >= 15 is 0 Å². The number of carbonyl (C=O) groups is 1. The fourth-order valence-electron chi connectivity index (χ4n) is 3.54. The number of hydrogen-bond donors (Lipinski definition) is 0. The van der Waals surface area contributed by atoms with Gasteiger partial charge in [-0.3, -0.25) is 14.9 Å². The fraction of sp³-hybridized carbons (Fsp3) is 0.250. The number of piperazine rings is 1. The molecule has 0 radical (unpaired) electrons. The summed E-state index contributed by atoms with van der Waals surface area (Å²) in [5.41, 5.74) is 1.96. The van der Waals surface area contributed by atoms with Crippen molar-refractivity contribution in [1.82, 2.24) is 9.47 Å². The van der Waals surface area contributed by atoms with Gasteiger partial charge in [-0.25, -0.2) is 0 Å². The van der Waals surface area contributed by atoms with Crippen molar-refractivity contribution >= 4 is 39.8 Å². The van der Waals surface area contributed by atoms with E-state index in [0.717, 1.165) is 16.6 Å². The predicted octanol–water partition coefficient (Wildman–Crippen LogP) is 3.55. The first-order valence-electron chi connectivity index (χ1n) is 9.03. The lowest BCUT2D eigenvalue weighted by atomic mass is 10.2. The molecule has 1 fully saturated rings. The standard InChI is InChI=1S/C20H19ClN4O3/c21-16-2-1-15-7-8-24(19(15)13-16)14-20(26)23-11-9-22(10-12-23)17-3-5-18(6-4-17)25(27)28/h1-8,13H,9-12,14H2. The molecule has 0 aliphatic carbocycles. The van der Waals surface area contributed by atoms with Crippen molar-refractivity contribution in [1.29, 1.82) is 0 Å². The van der Waals surface area contributed by atoms with Crippen LogP contribution >= 0.6 is 11.6 Å². The number of rotatable bonds is 4. The van der Waals surface area contributed by atoms with Crippen LogP contribution in [0.25, 0.3) is 10.9 Å². The van der Waals surface area contributed by atoms with Crippen LogP contribution in [0.2, 0.25) is 5.02 Å². The number of aromatic nitrogens is 1. The summed E-state index contributed by atoms with van der Waals surface area (Å²) in [6.45, 7) is 2.91. The maximum atomic E-state index is 12.7. The highest BCUT2D eigenvalue weighted by Gasteiger charge is 2.22. The maximum absolute atomic E-state index is 12.7. The zero-order valence-corrected chi connectivity index (χ0v) is 15.9. The molecule has 4 rings (SSSR count). The Morgan fingerprint density at radius 2 is 1.75 bits per heavy atom. The quantitative estimate of drug-likeness (QED) is 0.497. The van der Waals surface area contributed by atoms with Gasteiger partial charge >= 0.3 is 0 Å². The molecule has 8 heteroatoms. The van der Waals surface area contributed by atoms with Crippen LogP contribution < -0.4 is 4.90 Å². The third kappa shape index (κ3) is 3.66. The highest BCUT2D eigenvalue weighted by molar-refractivity contribution is 6.31. The molecular weight excluding hydrogens is 380 g/mol. The number of benzene rings is 2. The Kier molecular flexibility index (Phi) is 4.92. The summed E-state index contributed by atoms with van der Waals surface area (Å²) < 4.78 is 1.92. The van der Waals surface area contributed by atoms with Gasteiger partial charge in [0.05, 0.1) is 4.92 Å². The molecule has 7 nitrogen and oxygen atoms in total. The molecule has 28 heavy (non-hydrogen) atoms. The van der Waals surface area contributed by atoms with Crippen molar-refractivity contribution in [2.45, 2.75) is 6.54 Å². The number of non-ortho nitro benzene ring substituents is 1. The van der Waals surface area contributed by atoms with E-state index in [2.05, 4.69) is 4.90 Å². The second-order valence-corrected chi connectivity index (χ2v) is 7.22. The second kappa shape index (κ2) is 7.52. The van der Waals surface area contributed by atoms with Crippen LogP contribution in [0, 0.1) is 10.1 Å². The van der Waals surface area contributed by atoms with Gasteiger partial charge in [0, 0.05) is 60.7 Å². The molecule has 3 aromatic rings. The molecule has 1 aromatic heterocycles. The number of nitro groups is 1. The van der Waals surface area contributed by atoms with Gasteiger partial charge in [0.1, 0.15) is 6.54 Å². The molecular formula is C20H19ClN4O3. The number of fused-ring (bicyclic) bond motifs is 1. The molecule has 0 saturated carbocycles. The summed E-state index contributed by atoms with van der Waals surface area (Å²) >= 11 is 6.08. The zero-order valence-electron chi connectivity index (χ0n) is 15.1. The van der Waals surface area contributed by atoms with E-state index < -0.39 is 4.92 Å². The van der Waals surface area contributed by atoms with Crippen molar-refractivity contribution in [3.8, 4) is 0 Å². The van der Waals surface area contributed by atoms with Gasteiger partial charge in [0.25, 0.3) is 5.69 Å². The van der Waals surface area contributed by atoms with Gasteiger partial charge in [-0.2, -0.15) is 0 Å². The van der Waals surface area contributed by atoms with Crippen LogP contribution in [-0.2, 0) is 11.3 Å². The summed E-state index contributed by atoms with van der Waals surface area (Å²) in [6, 6.07) is 14.2. The van der Waals surface area contributed by atoms with E-state index in [-0.39, 0.29) is 18.1 Å². The van der Waals surface area contributed by atoms with E-state index in [1.807, 2.05) is 39.9 Å². The first kappa shape index (κ1) is 18.3. The van der Waals surface area contributed by atoms with Gasteiger partial charge < -0.3 is 14.4 Å². The number of anilines is 1. The van der Waals surface area contributed by atoms with Gasteiger partial charge in [0.2, 0.25) is 5.91 Å². The maximum Gasteiger partial charge on any atom is 0.269 e. The van der Waals surface area contributed by atoms with E-state index in [0.29, 0.717) is 31.2 Å². The van der Waals surface area contributed by atoms with Gasteiger partial charge in [-0.05, 0) is 35.7 Å². The molecule has 0 N–H and O–H groups in total. The number of amides is 1. The Hall–Kier alpha value is -3.06. The molecule has 2 aromatic carbocycles. The first-order chi connectivity index (χ1) is 13.5. The Bertz CT molecular complexity index is 1020. The van der Waals surface area contributed by atoms with E-state index in [4.69, 9.17) is 11.6 Å². The van der Waals surface area contributed by atoms with Crippen molar-refractivity contribution in [2.24, 2.45) is 0 Å². The number of nitrogens with zero attached hydrogens (tertiary/aromatic N) is 4. The molecule has 1 aliphatic heterocycles.